The van der Waals surface area contributed by atoms with Gasteiger partial charge in [-0.15, -0.1) is 0 Å². The average molecular weight is 180 g/mol. The van der Waals surface area contributed by atoms with E-state index in [9.17, 15) is 5.11 Å². The normalized spacial score (nSPS) is 15.5. The minimum absolute atomic E-state index is 0.205. The van der Waals surface area contributed by atoms with E-state index in [2.05, 4.69) is 0 Å². The van der Waals surface area contributed by atoms with Crippen LogP contribution >= 0.6 is 0 Å². The van der Waals surface area contributed by atoms with Crippen LogP contribution in [0, 0.1) is 0 Å². The van der Waals surface area contributed by atoms with E-state index >= 15 is 0 Å². The molecule has 1 saturated carbocycles. The number of methoxy groups -OCH3 is 1. The molecule has 0 atom stereocenters. The van der Waals surface area contributed by atoms with Crippen LogP contribution in [0.15, 0.2) is 18.2 Å². The first kappa shape index (κ1) is 8.23. The minimum Gasteiger partial charge on any atom is -0.508 e. The number of benzene rings is 1. The van der Waals surface area contributed by atoms with Crippen LogP contribution in [-0.4, -0.2) is 18.3 Å². The van der Waals surface area contributed by atoms with Gasteiger partial charge in [0, 0.05) is 6.07 Å². The molecule has 0 unspecified atom stereocenters. The van der Waals surface area contributed by atoms with Crippen LogP contribution in [0.25, 0.3) is 0 Å². The molecule has 0 aromatic heterocycles. The molecule has 0 saturated heterocycles. The Labute approximate surface area is 76.9 Å². The maximum Gasteiger partial charge on any atom is 0.165 e. The van der Waals surface area contributed by atoms with Crippen molar-refractivity contribution < 1.29 is 14.6 Å². The Morgan fingerprint density at radius 3 is 2.69 bits per heavy atom. The Hall–Kier alpha value is -1.38. The van der Waals surface area contributed by atoms with Crippen molar-refractivity contribution in [2.75, 3.05) is 7.11 Å². The highest BCUT2D eigenvalue weighted by Crippen LogP contribution is 2.35. The lowest BCUT2D eigenvalue weighted by atomic mass is 10.3. The second-order valence-electron chi connectivity index (χ2n) is 3.15. The molecule has 0 radical (unpaired) electrons. The molecular weight excluding hydrogens is 168 g/mol. The molecule has 2 rings (SSSR count). The highest BCUT2D eigenvalue weighted by molar-refractivity contribution is 5.45. The summed E-state index contributed by atoms with van der Waals surface area (Å²) in [5.41, 5.74) is 0. The van der Waals surface area contributed by atoms with Gasteiger partial charge in [-0.05, 0) is 25.0 Å². The van der Waals surface area contributed by atoms with Crippen molar-refractivity contribution in [1.29, 1.82) is 0 Å². The van der Waals surface area contributed by atoms with Crippen LogP contribution in [0.5, 0.6) is 17.2 Å². The van der Waals surface area contributed by atoms with E-state index in [0.29, 0.717) is 17.6 Å². The predicted molar refractivity (Wildman–Crippen MR) is 48.3 cm³/mol. The highest BCUT2D eigenvalue weighted by atomic mass is 16.5. The molecule has 1 N–H and O–H groups in total. The fourth-order valence-electron chi connectivity index (χ4n) is 1.12. The maximum absolute atomic E-state index is 9.23. The standard InChI is InChI=1S/C10H12O3/c1-12-9-5-2-7(11)6-10(9)13-8-3-4-8/h2,5-6,8,11H,3-4H2,1H3. The van der Waals surface area contributed by atoms with Crippen LogP contribution < -0.4 is 9.47 Å². The summed E-state index contributed by atoms with van der Waals surface area (Å²) in [7, 11) is 1.59. The monoisotopic (exact) mass is 180 g/mol. The van der Waals surface area contributed by atoms with Crippen LogP contribution in [0.2, 0.25) is 0 Å². The topological polar surface area (TPSA) is 38.7 Å². The smallest absolute Gasteiger partial charge is 0.165 e. The van der Waals surface area contributed by atoms with Crippen molar-refractivity contribution in [3.05, 3.63) is 18.2 Å². The van der Waals surface area contributed by atoms with Crippen LogP contribution in [0.4, 0.5) is 0 Å². The Kier molecular flexibility index (Phi) is 2.00. The molecule has 0 amide bonds. The van der Waals surface area contributed by atoms with E-state index in [1.54, 1.807) is 25.3 Å². The molecule has 0 spiro atoms. The minimum atomic E-state index is 0.205. The van der Waals surface area contributed by atoms with E-state index in [1.165, 1.54) is 0 Å². The van der Waals surface area contributed by atoms with E-state index in [1.807, 2.05) is 0 Å². The molecule has 1 aromatic carbocycles. The second kappa shape index (κ2) is 3.17. The lowest BCUT2D eigenvalue weighted by Gasteiger charge is -2.09. The third-order valence-corrected chi connectivity index (χ3v) is 1.97. The van der Waals surface area contributed by atoms with Crippen molar-refractivity contribution in [2.45, 2.75) is 18.9 Å². The van der Waals surface area contributed by atoms with Crippen molar-refractivity contribution in [3.63, 3.8) is 0 Å². The average Bonchev–Trinajstić information content (AvgIpc) is 2.89. The molecule has 1 aromatic rings. The zero-order valence-electron chi connectivity index (χ0n) is 7.49. The fraction of sp³-hybridized carbons (Fsp3) is 0.400. The molecule has 0 aliphatic heterocycles. The first-order valence-corrected chi connectivity index (χ1v) is 4.33. The van der Waals surface area contributed by atoms with E-state index in [-0.39, 0.29) is 5.75 Å². The molecule has 0 heterocycles. The molecule has 0 bridgehead atoms. The Morgan fingerprint density at radius 2 is 2.08 bits per heavy atom. The van der Waals surface area contributed by atoms with Crippen molar-refractivity contribution >= 4 is 0 Å². The maximum atomic E-state index is 9.23. The molecular formula is C10H12O3. The van der Waals surface area contributed by atoms with Crippen molar-refractivity contribution in [1.82, 2.24) is 0 Å². The van der Waals surface area contributed by atoms with Gasteiger partial charge in [0.1, 0.15) is 5.75 Å². The predicted octanol–water partition coefficient (Wildman–Crippen LogP) is 1.94. The largest absolute Gasteiger partial charge is 0.508 e. The zero-order chi connectivity index (χ0) is 9.26. The summed E-state index contributed by atoms with van der Waals surface area (Å²) in [6.45, 7) is 0. The van der Waals surface area contributed by atoms with Gasteiger partial charge in [0.15, 0.2) is 11.5 Å². The molecule has 1 fully saturated rings. The van der Waals surface area contributed by atoms with Gasteiger partial charge in [-0.3, -0.25) is 0 Å². The Bertz CT molecular complexity index is 305. The summed E-state index contributed by atoms with van der Waals surface area (Å²) >= 11 is 0. The zero-order valence-corrected chi connectivity index (χ0v) is 7.49. The summed E-state index contributed by atoms with van der Waals surface area (Å²) in [5.74, 6) is 1.51. The van der Waals surface area contributed by atoms with Crippen molar-refractivity contribution in [2.24, 2.45) is 0 Å². The first-order chi connectivity index (χ1) is 6.29. The third kappa shape index (κ3) is 1.86. The first-order valence-electron chi connectivity index (χ1n) is 4.33. The van der Waals surface area contributed by atoms with Crippen LogP contribution in [0.3, 0.4) is 0 Å². The molecule has 3 nitrogen and oxygen atoms in total. The van der Waals surface area contributed by atoms with Gasteiger partial charge in [-0.2, -0.15) is 0 Å². The molecule has 13 heavy (non-hydrogen) atoms. The van der Waals surface area contributed by atoms with Crippen LogP contribution in [-0.2, 0) is 0 Å². The Morgan fingerprint density at radius 1 is 1.31 bits per heavy atom. The SMILES string of the molecule is COc1ccc(O)cc1OC1CC1. The number of ether oxygens (including phenoxy) is 2. The summed E-state index contributed by atoms with van der Waals surface area (Å²) in [5, 5.41) is 9.23. The van der Waals surface area contributed by atoms with E-state index in [0.717, 1.165) is 12.8 Å². The summed E-state index contributed by atoms with van der Waals surface area (Å²) < 4.78 is 10.6. The van der Waals surface area contributed by atoms with E-state index in [4.69, 9.17) is 9.47 Å². The van der Waals surface area contributed by atoms with Crippen LogP contribution in [0.1, 0.15) is 12.8 Å². The number of aromatic hydroxyl groups is 1. The van der Waals surface area contributed by atoms with E-state index < -0.39 is 0 Å². The lowest BCUT2D eigenvalue weighted by molar-refractivity contribution is 0.280. The quantitative estimate of drug-likeness (QED) is 0.772. The molecule has 3 heteroatoms. The highest BCUT2D eigenvalue weighted by Gasteiger charge is 2.24. The number of rotatable bonds is 3. The van der Waals surface area contributed by atoms with Gasteiger partial charge < -0.3 is 14.6 Å². The number of hydrogen-bond donors (Lipinski definition) is 1. The number of hydrogen-bond acceptors (Lipinski definition) is 3. The van der Waals surface area contributed by atoms with Gasteiger partial charge in [0.25, 0.3) is 0 Å². The Balaban J connectivity index is 2.22. The lowest BCUT2D eigenvalue weighted by Crippen LogP contribution is -1.98. The third-order valence-electron chi connectivity index (χ3n) is 1.97. The second-order valence-corrected chi connectivity index (χ2v) is 3.15. The summed E-state index contributed by atoms with van der Waals surface area (Å²) in [4.78, 5) is 0. The number of phenolic OH excluding ortho intramolecular Hbond substituents is 1. The summed E-state index contributed by atoms with van der Waals surface area (Å²) in [6.07, 6.45) is 2.51. The summed E-state index contributed by atoms with van der Waals surface area (Å²) in [6, 6.07) is 4.86. The fourth-order valence-corrected chi connectivity index (χ4v) is 1.12. The molecule has 1 aliphatic carbocycles. The van der Waals surface area contributed by atoms with Gasteiger partial charge in [0.2, 0.25) is 0 Å². The molecule has 1 aliphatic rings. The van der Waals surface area contributed by atoms with Gasteiger partial charge in [-0.25, -0.2) is 0 Å². The van der Waals surface area contributed by atoms with Gasteiger partial charge >= 0.3 is 0 Å². The number of phenols is 1. The molecule has 70 valence electrons. The van der Waals surface area contributed by atoms with Gasteiger partial charge in [0.05, 0.1) is 13.2 Å². The van der Waals surface area contributed by atoms with Crippen molar-refractivity contribution in [3.8, 4) is 17.2 Å². The van der Waals surface area contributed by atoms with Gasteiger partial charge in [-0.1, -0.05) is 0 Å².